The molecule has 2 aromatic rings. The molecule has 0 fully saturated rings. The summed E-state index contributed by atoms with van der Waals surface area (Å²) in [7, 11) is -3.95. The van der Waals surface area contributed by atoms with Crippen LogP contribution in [0.2, 0.25) is 5.02 Å². The van der Waals surface area contributed by atoms with E-state index < -0.39 is 16.6 Å². The van der Waals surface area contributed by atoms with Gasteiger partial charge >= 0.3 is 6.61 Å². The maximum absolute atomic E-state index is 12.2. The van der Waals surface area contributed by atoms with Gasteiger partial charge in [-0.1, -0.05) is 17.7 Å². The third-order valence-electron chi connectivity index (χ3n) is 2.67. The molecule has 120 valence electrons. The van der Waals surface area contributed by atoms with Crippen LogP contribution in [0.1, 0.15) is 5.56 Å². The molecule has 0 saturated heterocycles. The average molecular weight is 359 g/mol. The molecule has 0 bridgehead atoms. The van der Waals surface area contributed by atoms with Gasteiger partial charge in [-0.25, -0.2) is 8.42 Å². The van der Waals surface area contributed by atoms with Gasteiger partial charge in [0.05, 0.1) is 27.2 Å². The predicted molar refractivity (Wildman–Crippen MR) is 80.0 cm³/mol. The zero-order valence-corrected chi connectivity index (χ0v) is 12.9. The van der Waals surface area contributed by atoms with Crippen LogP contribution >= 0.6 is 11.6 Å². The summed E-state index contributed by atoms with van der Waals surface area (Å²) < 4.78 is 55.2. The molecule has 0 unspecified atom stereocenters. The van der Waals surface area contributed by atoms with Crippen LogP contribution in [0.4, 0.5) is 14.5 Å². The SMILES string of the molecule is N#Cc1cccc(S(=O)(=O)Nc2ccc(OC(F)F)c(Cl)c2)c1. The van der Waals surface area contributed by atoms with E-state index in [1.54, 1.807) is 0 Å². The number of rotatable bonds is 5. The van der Waals surface area contributed by atoms with E-state index in [2.05, 4.69) is 9.46 Å². The molecule has 1 N–H and O–H groups in total. The lowest BCUT2D eigenvalue weighted by Crippen LogP contribution is -2.13. The number of benzene rings is 2. The first-order valence-corrected chi connectivity index (χ1v) is 7.95. The van der Waals surface area contributed by atoms with Crippen LogP contribution in [0.5, 0.6) is 5.75 Å². The van der Waals surface area contributed by atoms with Crippen molar-refractivity contribution in [3.05, 3.63) is 53.1 Å². The van der Waals surface area contributed by atoms with Crippen LogP contribution in [0.25, 0.3) is 0 Å². The molecule has 0 saturated carbocycles. The second-order valence-electron chi connectivity index (χ2n) is 4.27. The topological polar surface area (TPSA) is 79.2 Å². The minimum Gasteiger partial charge on any atom is -0.433 e. The summed E-state index contributed by atoms with van der Waals surface area (Å²) in [5.74, 6) is -0.268. The van der Waals surface area contributed by atoms with Crippen molar-refractivity contribution in [2.45, 2.75) is 11.5 Å². The molecule has 2 aromatic carbocycles. The number of nitrogens with zero attached hydrogens (tertiary/aromatic N) is 1. The lowest BCUT2D eigenvalue weighted by Gasteiger charge is -2.11. The first kappa shape index (κ1) is 17.0. The number of anilines is 1. The van der Waals surface area contributed by atoms with Crippen LogP contribution in [0.3, 0.4) is 0 Å². The fourth-order valence-electron chi connectivity index (χ4n) is 1.70. The van der Waals surface area contributed by atoms with Gasteiger partial charge in [0.2, 0.25) is 0 Å². The highest BCUT2D eigenvalue weighted by atomic mass is 35.5. The summed E-state index contributed by atoms with van der Waals surface area (Å²) >= 11 is 5.76. The fraction of sp³-hybridized carbons (Fsp3) is 0.0714. The minimum absolute atomic E-state index is 0.0685. The van der Waals surface area contributed by atoms with E-state index >= 15 is 0 Å². The van der Waals surface area contributed by atoms with Crippen molar-refractivity contribution in [1.82, 2.24) is 0 Å². The summed E-state index contributed by atoms with van der Waals surface area (Å²) in [4.78, 5) is -0.111. The fourth-order valence-corrected chi connectivity index (χ4v) is 3.02. The zero-order valence-electron chi connectivity index (χ0n) is 11.3. The number of ether oxygens (including phenoxy) is 1. The average Bonchev–Trinajstić information content (AvgIpc) is 2.49. The van der Waals surface area contributed by atoms with E-state index in [4.69, 9.17) is 16.9 Å². The maximum atomic E-state index is 12.2. The van der Waals surface area contributed by atoms with Crippen molar-refractivity contribution in [1.29, 1.82) is 5.26 Å². The van der Waals surface area contributed by atoms with Gasteiger partial charge in [-0.3, -0.25) is 4.72 Å². The lowest BCUT2D eigenvalue weighted by atomic mass is 10.2. The highest BCUT2D eigenvalue weighted by Gasteiger charge is 2.16. The monoisotopic (exact) mass is 358 g/mol. The van der Waals surface area contributed by atoms with Crippen LogP contribution in [0, 0.1) is 11.3 Å². The van der Waals surface area contributed by atoms with E-state index in [-0.39, 0.29) is 26.9 Å². The van der Waals surface area contributed by atoms with Gasteiger partial charge in [-0.2, -0.15) is 14.0 Å². The molecule has 23 heavy (non-hydrogen) atoms. The van der Waals surface area contributed by atoms with Crippen LogP contribution in [-0.4, -0.2) is 15.0 Å². The third-order valence-corrected chi connectivity index (χ3v) is 4.35. The maximum Gasteiger partial charge on any atom is 0.387 e. The number of sulfonamides is 1. The van der Waals surface area contributed by atoms with Crippen molar-refractivity contribution in [2.75, 3.05) is 4.72 Å². The van der Waals surface area contributed by atoms with E-state index in [1.807, 2.05) is 6.07 Å². The quantitative estimate of drug-likeness (QED) is 0.885. The Morgan fingerprint density at radius 2 is 1.96 bits per heavy atom. The summed E-state index contributed by atoms with van der Waals surface area (Å²) in [6, 6.07) is 10.8. The Balaban J connectivity index is 2.27. The summed E-state index contributed by atoms with van der Waals surface area (Å²) in [6.07, 6.45) is 0. The number of nitrogens with one attached hydrogen (secondary N) is 1. The number of alkyl halides is 2. The van der Waals surface area contributed by atoms with E-state index in [0.29, 0.717) is 0 Å². The zero-order chi connectivity index (χ0) is 17.0. The highest BCUT2D eigenvalue weighted by molar-refractivity contribution is 7.92. The Morgan fingerprint density at radius 1 is 1.22 bits per heavy atom. The van der Waals surface area contributed by atoms with Crippen molar-refractivity contribution in [3.8, 4) is 11.8 Å². The predicted octanol–water partition coefficient (Wildman–Crippen LogP) is 3.61. The molecule has 0 spiro atoms. The molecule has 5 nitrogen and oxygen atoms in total. The standard InChI is InChI=1S/C14H9ClF2N2O3S/c15-12-7-10(4-5-13(12)22-14(16)17)19-23(20,21)11-3-1-2-9(6-11)8-18/h1-7,14,19H. The molecule has 0 heterocycles. The lowest BCUT2D eigenvalue weighted by molar-refractivity contribution is -0.0497. The van der Waals surface area contributed by atoms with Gasteiger partial charge in [0.15, 0.2) is 0 Å². The molecule has 0 atom stereocenters. The summed E-state index contributed by atoms with van der Waals surface area (Å²) in [6.45, 7) is -3.04. The van der Waals surface area contributed by atoms with Gasteiger partial charge in [0.25, 0.3) is 10.0 Å². The van der Waals surface area contributed by atoms with Gasteiger partial charge in [-0.05, 0) is 36.4 Å². The van der Waals surface area contributed by atoms with Gasteiger partial charge < -0.3 is 4.74 Å². The number of halogens is 3. The highest BCUT2D eigenvalue weighted by Crippen LogP contribution is 2.30. The summed E-state index contributed by atoms with van der Waals surface area (Å²) in [5.41, 5.74) is 0.255. The van der Waals surface area contributed by atoms with Crippen molar-refractivity contribution >= 4 is 27.3 Å². The van der Waals surface area contributed by atoms with Gasteiger partial charge in [0, 0.05) is 0 Å². The van der Waals surface area contributed by atoms with Gasteiger partial charge in [0.1, 0.15) is 5.75 Å². The molecule has 2 rings (SSSR count). The normalized spacial score (nSPS) is 11.1. The van der Waals surface area contributed by atoms with Crippen LogP contribution < -0.4 is 9.46 Å². The molecule has 0 radical (unpaired) electrons. The van der Waals surface area contributed by atoms with E-state index in [1.165, 1.54) is 30.3 Å². The Bertz CT molecular complexity index is 867. The van der Waals surface area contributed by atoms with Crippen molar-refractivity contribution < 1.29 is 21.9 Å². The Labute approximate surface area is 136 Å². The van der Waals surface area contributed by atoms with Crippen molar-refractivity contribution in [3.63, 3.8) is 0 Å². The molecule has 0 amide bonds. The molecule has 0 aromatic heterocycles. The van der Waals surface area contributed by atoms with E-state index in [0.717, 1.165) is 12.1 Å². The van der Waals surface area contributed by atoms with E-state index in [9.17, 15) is 17.2 Å². The number of nitriles is 1. The Hall–Kier alpha value is -2.37. The van der Waals surface area contributed by atoms with Crippen LogP contribution in [0.15, 0.2) is 47.4 Å². The number of hydrogen-bond acceptors (Lipinski definition) is 4. The minimum atomic E-state index is -3.95. The second kappa shape index (κ2) is 6.81. The largest absolute Gasteiger partial charge is 0.433 e. The third kappa shape index (κ3) is 4.31. The Morgan fingerprint density at radius 3 is 2.57 bits per heavy atom. The molecule has 0 aliphatic carbocycles. The number of hydrogen-bond donors (Lipinski definition) is 1. The van der Waals surface area contributed by atoms with Crippen molar-refractivity contribution in [2.24, 2.45) is 0 Å². The molecular weight excluding hydrogens is 350 g/mol. The molecule has 9 heteroatoms. The van der Waals surface area contributed by atoms with Gasteiger partial charge in [-0.15, -0.1) is 0 Å². The molecule has 0 aliphatic rings. The molecular formula is C14H9ClF2N2O3S. The first-order chi connectivity index (χ1) is 10.8. The summed E-state index contributed by atoms with van der Waals surface area (Å²) in [5, 5.41) is 8.63. The smallest absolute Gasteiger partial charge is 0.387 e. The van der Waals surface area contributed by atoms with Crippen LogP contribution in [-0.2, 0) is 10.0 Å². The molecule has 0 aliphatic heterocycles. The Kier molecular flexibility index (Phi) is 5.03. The first-order valence-electron chi connectivity index (χ1n) is 6.09. The second-order valence-corrected chi connectivity index (χ2v) is 6.36.